The lowest BCUT2D eigenvalue weighted by Crippen LogP contribution is -1.86. The average Bonchev–Trinajstić information content (AvgIpc) is 1.66. The van der Waals surface area contributed by atoms with Crippen molar-refractivity contribution in [3.05, 3.63) is 12.3 Å². The number of aliphatic carboxylic acids is 1. The fourth-order valence-electron chi connectivity index (χ4n) is 0.130. The van der Waals surface area contributed by atoms with Crippen molar-refractivity contribution >= 4 is 12.4 Å². The predicted molar refractivity (Wildman–Crippen MR) is 23.9 cm³/mol. The van der Waals surface area contributed by atoms with Gasteiger partial charge in [-0.3, -0.25) is 4.79 Å². The van der Waals surface area contributed by atoms with Crippen LogP contribution in [0.25, 0.3) is 0 Å². The molecule has 0 heterocycles. The number of carboxylic acids is 1. The van der Waals surface area contributed by atoms with Crippen LogP contribution in [0.1, 0.15) is 0 Å². The number of hydrogen-bond acceptors (Lipinski definition) is 3. The van der Waals surface area contributed by atoms with Crippen molar-refractivity contribution in [3.63, 3.8) is 0 Å². The standard InChI is InChI=1S/C4H4O4/c5-3-8-2-1-4(6)7/h1-3H,(H,6,7). The van der Waals surface area contributed by atoms with Crippen molar-refractivity contribution < 1.29 is 19.4 Å². The molecule has 0 aliphatic rings. The van der Waals surface area contributed by atoms with Crippen molar-refractivity contribution in [2.45, 2.75) is 0 Å². The zero-order valence-corrected chi connectivity index (χ0v) is 3.90. The molecular weight excluding hydrogens is 112 g/mol. The highest BCUT2D eigenvalue weighted by atomic mass is 16.5. The van der Waals surface area contributed by atoms with E-state index in [1.165, 1.54) is 0 Å². The van der Waals surface area contributed by atoms with Gasteiger partial charge in [-0.1, -0.05) is 0 Å². The molecular formula is C4H4O4. The van der Waals surface area contributed by atoms with E-state index in [1.54, 1.807) is 0 Å². The highest BCUT2D eigenvalue weighted by molar-refractivity contribution is 5.79. The summed E-state index contributed by atoms with van der Waals surface area (Å²) in [5, 5.41) is 7.86. The summed E-state index contributed by atoms with van der Waals surface area (Å²) in [5.74, 6) is -1.15. The molecule has 0 radical (unpaired) electrons. The maximum absolute atomic E-state index is 9.59. The zero-order valence-electron chi connectivity index (χ0n) is 3.90. The molecule has 0 unspecified atom stereocenters. The fourth-order valence-corrected chi connectivity index (χ4v) is 0.130. The summed E-state index contributed by atoms with van der Waals surface area (Å²) in [6.45, 7) is 0.138. The molecule has 0 rings (SSSR count). The highest BCUT2D eigenvalue weighted by Gasteiger charge is 1.81. The second-order valence-electron chi connectivity index (χ2n) is 0.873. The Hall–Kier alpha value is -1.32. The second kappa shape index (κ2) is 3.86. The van der Waals surface area contributed by atoms with Crippen LogP contribution in [-0.4, -0.2) is 17.5 Å². The lowest BCUT2D eigenvalue weighted by molar-refractivity contribution is -0.131. The van der Waals surface area contributed by atoms with Crippen molar-refractivity contribution in [3.8, 4) is 0 Å². The first-order valence-electron chi connectivity index (χ1n) is 1.76. The number of carbonyl (C=O) groups is 2. The Morgan fingerprint density at radius 3 is 2.62 bits per heavy atom. The number of ether oxygens (including phenoxy) is 1. The minimum Gasteiger partial charge on any atom is -0.478 e. The number of hydrogen-bond donors (Lipinski definition) is 1. The topological polar surface area (TPSA) is 63.6 Å². The maximum Gasteiger partial charge on any atom is 0.331 e. The molecule has 0 aromatic carbocycles. The summed E-state index contributed by atoms with van der Waals surface area (Å²) >= 11 is 0. The summed E-state index contributed by atoms with van der Waals surface area (Å²) in [5.41, 5.74) is 0. The molecule has 4 heteroatoms. The molecule has 0 aromatic heterocycles. The molecule has 0 spiro atoms. The normalized spacial score (nSPS) is 9.00. The first-order valence-corrected chi connectivity index (χ1v) is 1.76. The van der Waals surface area contributed by atoms with Gasteiger partial charge in [-0.25, -0.2) is 4.79 Å². The van der Waals surface area contributed by atoms with Gasteiger partial charge in [0.2, 0.25) is 0 Å². The van der Waals surface area contributed by atoms with E-state index in [2.05, 4.69) is 4.74 Å². The van der Waals surface area contributed by atoms with Crippen LogP contribution in [0.3, 0.4) is 0 Å². The highest BCUT2D eigenvalue weighted by Crippen LogP contribution is 1.70. The van der Waals surface area contributed by atoms with Gasteiger partial charge >= 0.3 is 5.97 Å². The third kappa shape index (κ3) is 4.68. The number of rotatable bonds is 3. The van der Waals surface area contributed by atoms with Gasteiger partial charge in [-0.05, 0) is 0 Å². The quantitative estimate of drug-likeness (QED) is 0.314. The summed E-state index contributed by atoms with van der Waals surface area (Å²) < 4.78 is 3.90. The summed E-state index contributed by atoms with van der Waals surface area (Å²) in [6, 6.07) is 0. The second-order valence-corrected chi connectivity index (χ2v) is 0.873. The SMILES string of the molecule is O=COC=CC(=O)O. The van der Waals surface area contributed by atoms with Crippen LogP contribution in [0.4, 0.5) is 0 Å². The Bertz CT molecular complexity index is 115. The Morgan fingerprint density at radius 2 is 2.25 bits per heavy atom. The van der Waals surface area contributed by atoms with Crippen LogP contribution in [-0.2, 0) is 14.3 Å². The summed E-state index contributed by atoms with van der Waals surface area (Å²) in [4.78, 5) is 18.9. The van der Waals surface area contributed by atoms with E-state index < -0.39 is 5.97 Å². The Morgan fingerprint density at radius 1 is 1.62 bits per heavy atom. The Labute approximate surface area is 45.4 Å². The minimum absolute atomic E-state index is 0.138. The molecule has 0 amide bonds. The van der Waals surface area contributed by atoms with Gasteiger partial charge in [0.05, 0.1) is 6.08 Å². The van der Waals surface area contributed by atoms with Gasteiger partial charge < -0.3 is 9.84 Å². The van der Waals surface area contributed by atoms with Crippen molar-refractivity contribution in [2.75, 3.05) is 0 Å². The van der Waals surface area contributed by atoms with E-state index in [9.17, 15) is 9.59 Å². The maximum atomic E-state index is 9.59. The molecule has 0 aromatic rings. The zero-order chi connectivity index (χ0) is 6.41. The molecule has 1 N–H and O–H groups in total. The van der Waals surface area contributed by atoms with Crippen molar-refractivity contribution in [2.24, 2.45) is 0 Å². The van der Waals surface area contributed by atoms with E-state index in [1.807, 2.05) is 0 Å². The predicted octanol–water partition coefficient (Wildman–Crippen LogP) is -0.242. The molecule has 0 bridgehead atoms. The van der Waals surface area contributed by atoms with Crippen LogP contribution >= 0.6 is 0 Å². The third-order valence-corrected chi connectivity index (χ3v) is 0.345. The van der Waals surface area contributed by atoms with Gasteiger partial charge in [0.15, 0.2) is 0 Å². The molecule has 0 saturated heterocycles. The first-order chi connectivity index (χ1) is 3.77. The molecule has 8 heavy (non-hydrogen) atoms. The Kier molecular flexibility index (Phi) is 3.22. The first kappa shape index (κ1) is 6.68. The lowest BCUT2D eigenvalue weighted by Gasteiger charge is -1.78. The van der Waals surface area contributed by atoms with Gasteiger partial charge in [0.25, 0.3) is 6.47 Å². The number of carboxylic acid groups (broad SMARTS) is 1. The molecule has 0 fully saturated rings. The van der Waals surface area contributed by atoms with E-state index in [0.717, 1.165) is 6.26 Å². The molecule has 0 aliphatic heterocycles. The molecule has 0 saturated carbocycles. The van der Waals surface area contributed by atoms with Crippen LogP contribution in [0.5, 0.6) is 0 Å². The molecule has 0 atom stereocenters. The van der Waals surface area contributed by atoms with Crippen LogP contribution in [0.2, 0.25) is 0 Å². The van der Waals surface area contributed by atoms with Crippen LogP contribution in [0, 0.1) is 0 Å². The largest absolute Gasteiger partial charge is 0.478 e. The van der Waals surface area contributed by atoms with Crippen molar-refractivity contribution in [1.82, 2.24) is 0 Å². The molecule has 44 valence electrons. The number of carbonyl (C=O) groups excluding carboxylic acids is 1. The monoisotopic (exact) mass is 116 g/mol. The van der Waals surface area contributed by atoms with Gasteiger partial charge in [0.1, 0.15) is 6.26 Å². The van der Waals surface area contributed by atoms with E-state index in [4.69, 9.17) is 5.11 Å². The molecule has 0 aliphatic carbocycles. The summed E-state index contributed by atoms with van der Waals surface area (Å²) in [6.07, 6.45) is 1.50. The smallest absolute Gasteiger partial charge is 0.331 e. The Balaban J connectivity index is 3.34. The third-order valence-electron chi connectivity index (χ3n) is 0.345. The van der Waals surface area contributed by atoms with Gasteiger partial charge in [0, 0.05) is 0 Å². The van der Waals surface area contributed by atoms with E-state index in [0.29, 0.717) is 6.08 Å². The van der Waals surface area contributed by atoms with Crippen molar-refractivity contribution in [1.29, 1.82) is 0 Å². The lowest BCUT2D eigenvalue weighted by atomic mass is 10.6. The van der Waals surface area contributed by atoms with Gasteiger partial charge in [-0.2, -0.15) is 0 Å². The summed E-state index contributed by atoms with van der Waals surface area (Å²) in [7, 11) is 0. The fraction of sp³-hybridized carbons (Fsp3) is 0. The minimum atomic E-state index is -1.15. The van der Waals surface area contributed by atoms with E-state index >= 15 is 0 Å². The average molecular weight is 116 g/mol. The van der Waals surface area contributed by atoms with Gasteiger partial charge in [-0.15, -0.1) is 0 Å². The van der Waals surface area contributed by atoms with Crippen LogP contribution in [0.15, 0.2) is 12.3 Å². The van der Waals surface area contributed by atoms with E-state index in [-0.39, 0.29) is 6.47 Å². The van der Waals surface area contributed by atoms with Crippen LogP contribution < -0.4 is 0 Å². The molecule has 4 nitrogen and oxygen atoms in total.